The van der Waals surface area contributed by atoms with Gasteiger partial charge in [0.1, 0.15) is 0 Å². The van der Waals surface area contributed by atoms with Gasteiger partial charge in [0.25, 0.3) is 5.91 Å². The van der Waals surface area contributed by atoms with Crippen LogP contribution in [0, 0.1) is 0 Å². The van der Waals surface area contributed by atoms with Crippen LogP contribution in [0.1, 0.15) is 27.9 Å². The van der Waals surface area contributed by atoms with Crippen molar-refractivity contribution in [2.75, 3.05) is 19.1 Å². The van der Waals surface area contributed by atoms with Crippen molar-refractivity contribution in [3.05, 3.63) is 87.4 Å². The number of carbonyl (C=O) groups is 2. The van der Waals surface area contributed by atoms with Crippen LogP contribution < -0.4 is 14.4 Å². The molecule has 8 heteroatoms. The fourth-order valence-corrected chi connectivity index (χ4v) is 4.27. The van der Waals surface area contributed by atoms with Gasteiger partial charge in [-0.05, 0) is 54.1 Å². The van der Waals surface area contributed by atoms with Crippen LogP contribution in [0.3, 0.4) is 0 Å². The highest BCUT2D eigenvalue weighted by atomic mass is 35.5. The van der Waals surface area contributed by atoms with E-state index in [0.717, 1.165) is 5.56 Å². The molecule has 0 fully saturated rings. The number of hydrogen-bond acceptors (Lipinski definition) is 5. The summed E-state index contributed by atoms with van der Waals surface area (Å²) >= 11 is 12.1. The van der Waals surface area contributed by atoms with E-state index in [2.05, 4.69) is 0 Å². The van der Waals surface area contributed by atoms with E-state index in [0.29, 0.717) is 32.8 Å². The van der Waals surface area contributed by atoms with E-state index in [1.165, 1.54) is 31.3 Å². The number of Topliss-reactive ketones (excluding diaryl/α,β-unsaturated/α-hetero) is 1. The zero-order chi connectivity index (χ0) is 23.8. The minimum absolute atomic E-state index is 0.206. The Hall–Kier alpha value is -3.06. The van der Waals surface area contributed by atoms with Crippen molar-refractivity contribution in [1.29, 1.82) is 0 Å². The van der Waals surface area contributed by atoms with Crippen molar-refractivity contribution in [2.24, 2.45) is 0 Å². The molecule has 1 N–H and O–H groups in total. The standard InChI is InChI=1S/C25H21Cl2NO5/c1-32-22-10-5-16(11-23(22)33-2)21(29)13-25(31)19-12-18(27)8-9-20(19)28(24(25)30)14-15-3-6-17(26)7-4-15/h3-12,31H,13-14H2,1-2H3/t25-/m1/s1. The molecular weight excluding hydrogens is 465 g/mol. The lowest BCUT2D eigenvalue weighted by atomic mass is 9.88. The molecule has 3 aromatic carbocycles. The normalized spacial score (nSPS) is 17.1. The monoisotopic (exact) mass is 485 g/mol. The van der Waals surface area contributed by atoms with Crippen LogP contribution in [0.25, 0.3) is 0 Å². The van der Waals surface area contributed by atoms with E-state index in [4.69, 9.17) is 32.7 Å². The number of anilines is 1. The van der Waals surface area contributed by atoms with Gasteiger partial charge in [-0.3, -0.25) is 9.59 Å². The number of fused-ring (bicyclic) bond motifs is 1. The number of rotatable bonds is 7. The topological polar surface area (TPSA) is 76.1 Å². The fourth-order valence-electron chi connectivity index (χ4n) is 3.97. The Labute approximate surface area is 201 Å². The van der Waals surface area contributed by atoms with E-state index in [-0.39, 0.29) is 12.1 Å². The molecule has 1 heterocycles. The number of nitrogens with zero attached hydrogens (tertiary/aromatic N) is 1. The van der Waals surface area contributed by atoms with Crippen LogP contribution in [0.5, 0.6) is 11.5 Å². The first-order valence-corrected chi connectivity index (χ1v) is 10.9. The Morgan fingerprint density at radius 3 is 2.27 bits per heavy atom. The van der Waals surface area contributed by atoms with Gasteiger partial charge in [-0.2, -0.15) is 0 Å². The Morgan fingerprint density at radius 2 is 1.61 bits per heavy atom. The van der Waals surface area contributed by atoms with Gasteiger partial charge in [0.05, 0.1) is 32.9 Å². The Kier molecular flexibility index (Phi) is 6.34. The first kappa shape index (κ1) is 23.1. The van der Waals surface area contributed by atoms with Gasteiger partial charge in [-0.1, -0.05) is 35.3 Å². The quantitative estimate of drug-likeness (QED) is 0.475. The highest BCUT2D eigenvalue weighted by Gasteiger charge is 2.51. The molecule has 3 aromatic rings. The summed E-state index contributed by atoms with van der Waals surface area (Å²) in [4.78, 5) is 28.1. The number of hydrogen-bond donors (Lipinski definition) is 1. The third-order valence-electron chi connectivity index (χ3n) is 5.67. The summed E-state index contributed by atoms with van der Waals surface area (Å²) in [7, 11) is 2.96. The number of benzene rings is 3. The summed E-state index contributed by atoms with van der Waals surface area (Å²) in [6.45, 7) is 0.206. The maximum absolute atomic E-state index is 13.5. The minimum Gasteiger partial charge on any atom is -0.493 e. The lowest BCUT2D eigenvalue weighted by Crippen LogP contribution is -2.41. The Balaban J connectivity index is 1.69. The van der Waals surface area contributed by atoms with Crippen molar-refractivity contribution in [3.63, 3.8) is 0 Å². The van der Waals surface area contributed by atoms with Crippen LogP contribution in [-0.4, -0.2) is 31.0 Å². The molecule has 0 saturated heterocycles. The van der Waals surface area contributed by atoms with Crippen LogP contribution in [0.2, 0.25) is 10.0 Å². The van der Waals surface area contributed by atoms with Crippen LogP contribution in [0.4, 0.5) is 5.69 Å². The van der Waals surface area contributed by atoms with Gasteiger partial charge < -0.3 is 19.5 Å². The Morgan fingerprint density at radius 1 is 0.939 bits per heavy atom. The van der Waals surface area contributed by atoms with E-state index in [9.17, 15) is 14.7 Å². The van der Waals surface area contributed by atoms with Gasteiger partial charge in [-0.15, -0.1) is 0 Å². The summed E-state index contributed by atoms with van der Waals surface area (Å²) < 4.78 is 10.5. The first-order chi connectivity index (χ1) is 15.8. The molecule has 0 aliphatic carbocycles. The molecule has 170 valence electrons. The zero-order valence-electron chi connectivity index (χ0n) is 18.0. The van der Waals surface area contributed by atoms with Crippen LogP contribution >= 0.6 is 23.2 Å². The van der Waals surface area contributed by atoms with Gasteiger partial charge in [0.15, 0.2) is 22.9 Å². The van der Waals surface area contributed by atoms with E-state index < -0.39 is 23.7 Å². The molecule has 0 spiro atoms. The summed E-state index contributed by atoms with van der Waals surface area (Å²) in [6.07, 6.45) is -0.453. The molecule has 0 bridgehead atoms. The van der Waals surface area contributed by atoms with E-state index >= 15 is 0 Å². The molecule has 0 aromatic heterocycles. The smallest absolute Gasteiger partial charge is 0.264 e. The summed E-state index contributed by atoms with van der Waals surface area (Å²) in [5.74, 6) is -0.175. The summed E-state index contributed by atoms with van der Waals surface area (Å²) in [5, 5.41) is 12.5. The molecule has 0 radical (unpaired) electrons. The molecule has 0 unspecified atom stereocenters. The molecule has 0 saturated carbocycles. The van der Waals surface area contributed by atoms with Gasteiger partial charge in [0.2, 0.25) is 0 Å². The SMILES string of the molecule is COc1ccc(C(=O)C[C@]2(O)C(=O)N(Cc3ccc(Cl)cc3)c3ccc(Cl)cc32)cc1OC. The number of aliphatic hydroxyl groups is 1. The predicted octanol–water partition coefficient (Wildman–Crippen LogP) is 5.02. The number of ether oxygens (including phenoxy) is 2. The highest BCUT2D eigenvalue weighted by Crippen LogP contribution is 2.45. The van der Waals surface area contributed by atoms with Crippen molar-refractivity contribution in [2.45, 2.75) is 18.6 Å². The highest BCUT2D eigenvalue weighted by molar-refractivity contribution is 6.31. The van der Waals surface area contributed by atoms with E-state index in [1.807, 2.05) is 0 Å². The summed E-state index contributed by atoms with van der Waals surface area (Å²) in [6, 6.07) is 16.6. The average molecular weight is 486 g/mol. The van der Waals surface area contributed by atoms with Crippen molar-refractivity contribution in [3.8, 4) is 11.5 Å². The molecule has 1 aliphatic heterocycles. The fraction of sp³-hybridized carbons (Fsp3) is 0.200. The zero-order valence-corrected chi connectivity index (χ0v) is 19.5. The molecule has 1 aliphatic rings. The number of carbonyl (C=O) groups excluding carboxylic acids is 2. The number of halogens is 2. The number of ketones is 1. The van der Waals surface area contributed by atoms with Crippen molar-refractivity contribution >= 4 is 40.6 Å². The molecule has 33 heavy (non-hydrogen) atoms. The maximum Gasteiger partial charge on any atom is 0.264 e. The maximum atomic E-state index is 13.5. The molecule has 1 amide bonds. The van der Waals surface area contributed by atoms with Crippen LogP contribution in [0.15, 0.2) is 60.7 Å². The molecule has 1 atom stereocenters. The largest absolute Gasteiger partial charge is 0.493 e. The second kappa shape index (κ2) is 9.06. The van der Waals surface area contributed by atoms with Crippen molar-refractivity contribution in [1.82, 2.24) is 0 Å². The Bertz CT molecular complexity index is 1230. The second-order valence-corrected chi connectivity index (χ2v) is 8.58. The summed E-state index contributed by atoms with van der Waals surface area (Å²) in [5.41, 5.74) is -0.154. The van der Waals surface area contributed by atoms with Crippen molar-refractivity contribution < 1.29 is 24.2 Å². The first-order valence-electron chi connectivity index (χ1n) is 10.1. The van der Waals surface area contributed by atoms with Gasteiger partial charge in [-0.25, -0.2) is 0 Å². The lowest BCUT2D eigenvalue weighted by Gasteiger charge is -2.23. The molecular formula is C25H21Cl2NO5. The average Bonchev–Trinajstić information content (AvgIpc) is 3.01. The molecule has 6 nitrogen and oxygen atoms in total. The lowest BCUT2D eigenvalue weighted by molar-refractivity contribution is -0.136. The number of methoxy groups -OCH3 is 2. The third kappa shape index (κ3) is 4.29. The second-order valence-electron chi connectivity index (χ2n) is 7.71. The number of amides is 1. The van der Waals surface area contributed by atoms with E-state index in [1.54, 1.807) is 48.5 Å². The van der Waals surface area contributed by atoms with Crippen LogP contribution in [-0.2, 0) is 16.9 Å². The van der Waals surface area contributed by atoms with Gasteiger partial charge in [0, 0.05) is 21.2 Å². The minimum atomic E-state index is -2.06. The molecule has 4 rings (SSSR count). The third-order valence-corrected chi connectivity index (χ3v) is 6.16. The van der Waals surface area contributed by atoms with Gasteiger partial charge >= 0.3 is 0 Å². The predicted molar refractivity (Wildman–Crippen MR) is 126 cm³/mol.